The Bertz CT molecular complexity index is 600. The van der Waals surface area contributed by atoms with Crippen LogP contribution in [0.25, 0.3) is 11.1 Å². The summed E-state index contributed by atoms with van der Waals surface area (Å²) in [7, 11) is 0. The average Bonchev–Trinajstić information content (AvgIpc) is 2.45. The third-order valence-electron chi connectivity index (χ3n) is 3.59. The lowest BCUT2D eigenvalue weighted by molar-refractivity contribution is 0.0695. The summed E-state index contributed by atoms with van der Waals surface area (Å²) in [5, 5.41) is 9.43. The lowest BCUT2D eigenvalue weighted by atomic mass is 9.88. The normalized spacial score (nSPS) is 10.5. The summed E-state index contributed by atoms with van der Waals surface area (Å²) in [5.74, 6) is -0.840. The number of hydrogen-bond donors (Lipinski definition) is 1. The van der Waals surface area contributed by atoms with Gasteiger partial charge in [0.2, 0.25) is 0 Å². The predicted molar refractivity (Wildman–Crippen MR) is 82.2 cm³/mol. The molecule has 0 unspecified atom stereocenters. The second-order valence-electron chi connectivity index (χ2n) is 5.06. The Morgan fingerprint density at radius 2 is 1.80 bits per heavy atom. The number of hydrogen-bond acceptors (Lipinski definition) is 1. The van der Waals surface area contributed by atoms with E-state index < -0.39 is 5.97 Å². The van der Waals surface area contributed by atoms with Gasteiger partial charge < -0.3 is 5.11 Å². The van der Waals surface area contributed by atoms with Crippen LogP contribution in [0.15, 0.2) is 42.5 Å². The molecule has 0 atom stereocenters. The van der Waals surface area contributed by atoms with Gasteiger partial charge in [-0.25, -0.2) is 4.79 Å². The fraction of sp³-hybridized carbons (Fsp3) is 0.278. The third-order valence-corrected chi connectivity index (χ3v) is 3.59. The van der Waals surface area contributed by atoms with E-state index in [4.69, 9.17) is 0 Å². The molecule has 2 aromatic rings. The Labute approximate surface area is 120 Å². The minimum atomic E-state index is -0.840. The quantitative estimate of drug-likeness (QED) is 0.853. The summed E-state index contributed by atoms with van der Waals surface area (Å²) < 4.78 is 0. The molecule has 1 N–H and O–H groups in total. The van der Waals surface area contributed by atoms with Crippen LogP contribution in [0.2, 0.25) is 0 Å². The van der Waals surface area contributed by atoms with E-state index >= 15 is 0 Å². The van der Waals surface area contributed by atoms with Gasteiger partial charge in [-0.3, -0.25) is 0 Å². The maximum absolute atomic E-state index is 11.5. The van der Waals surface area contributed by atoms with Crippen molar-refractivity contribution in [2.75, 3.05) is 0 Å². The standard InChI is InChI=1S/C18H20O2/c1-3-4-10-15-16(18(19)20)12-11-13(2)17(15)14-8-6-5-7-9-14/h5-9,11-12H,3-4,10H2,1-2H3,(H,19,20). The summed E-state index contributed by atoms with van der Waals surface area (Å²) in [5.41, 5.74) is 4.71. The molecule has 0 fully saturated rings. The maximum Gasteiger partial charge on any atom is 0.335 e. The first-order valence-electron chi connectivity index (χ1n) is 7.06. The van der Waals surface area contributed by atoms with Crippen molar-refractivity contribution >= 4 is 5.97 Å². The fourth-order valence-electron chi connectivity index (χ4n) is 2.59. The van der Waals surface area contributed by atoms with Gasteiger partial charge in [-0.15, -0.1) is 0 Å². The number of aryl methyl sites for hydroxylation is 1. The van der Waals surface area contributed by atoms with E-state index in [9.17, 15) is 9.90 Å². The van der Waals surface area contributed by atoms with E-state index in [1.54, 1.807) is 6.07 Å². The second-order valence-corrected chi connectivity index (χ2v) is 5.06. The zero-order chi connectivity index (χ0) is 14.5. The molecule has 2 heteroatoms. The highest BCUT2D eigenvalue weighted by molar-refractivity contribution is 5.92. The Morgan fingerprint density at radius 1 is 1.10 bits per heavy atom. The number of carboxylic acids is 1. The van der Waals surface area contributed by atoms with E-state index in [0.717, 1.165) is 41.5 Å². The van der Waals surface area contributed by atoms with Crippen molar-refractivity contribution in [2.45, 2.75) is 33.1 Å². The van der Waals surface area contributed by atoms with Crippen LogP contribution in [0, 0.1) is 6.92 Å². The Morgan fingerprint density at radius 3 is 2.40 bits per heavy atom. The Balaban J connectivity index is 2.64. The van der Waals surface area contributed by atoms with Crippen LogP contribution in [-0.4, -0.2) is 11.1 Å². The average molecular weight is 268 g/mol. The highest BCUT2D eigenvalue weighted by atomic mass is 16.4. The maximum atomic E-state index is 11.5. The molecule has 0 aliphatic carbocycles. The lowest BCUT2D eigenvalue weighted by Crippen LogP contribution is -2.06. The molecule has 0 radical (unpaired) electrons. The summed E-state index contributed by atoms with van der Waals surface area (Å²) in [6, 6.07) is 13.7. The van der Waals surface area contributed by atoms with E-state index in [1.165, 1.54) is 0 Å². The van der Waals surface area contributed by atoms with Crippen LogP contribution in [0.1, 0.15) is 41.3 Å². The van der Waals surface area contributed by atoms with Crippen LogP contribution in [0.3, 0.4) is 0 Å². The molecule has 104 valence electrons. The molecule has 2 nitrogen and oxygen atoms in total. The van der Waals surface area contributed by atoms with Crippen molar-refractivity contribution in [2.24, 2.45) is 0 Å². The van der Waals surface area contributed by atoms with Gasteiger partial charge in [-0.05, 0) is 48.1 Å². The monoisotopic (exact) mass is 268 g/mol. The lowest BCUT2D eigenvalue weighted by Gasteiger charge is -2.16. The molecular formula is C18H20O2. The van der Waals surface area contributed by atoms with Gasteiger partial charge in [0.05, 0.1) is 5.56 Å². The third kappa shape index (κ3) is 2.90. The Hall–Kier alpha value is -2.09. The van der Waals surface area contributed by atoms with Crippen LogP contribution < -0.4 is 0 Å². The molecule has 0 aliphatic heterocycles. The zero-order valence-electron chi connectivity index (χ0n) is 12.0. The van der Waals surface area contributed by atoms with Gasteiger partial charge >= 0.3 is 5.97 Å². The molecule has 0 aliphatic rings. The molecule has 0 saturated carbocycles. The second kappa shape index (κ2) is 6.38. The Kier molecular flexibility index (Phi) is 4.57. The van der Waals surface area contributed by atoms with E-state index in [0.29, 0.717) is 5.56 Å². The van der Waals surface area contributed by atoms with Crippen LogP contribution in [0.5, 0.6) is 0 Å². The first-order chi connectivity index (χ1) is 9.65. The number of unbranched alkanes of at least 4 members (excludes halogenated alkanes) is 1. The summed E-state index contributed by atoms with van der Waals surface area (Å²) in [4.78, 5) is 11.5. The number of aromatic carboxylic acids is 1. The summed E-state index contributed by atoms with van der Waals surface area (Å²) in [6.45, 7) is 4.17. The number of benzene rings is 2. The van der Waals surface area contributed by atoms with Crippen molar-refractivity contribution in [3.63, 3.8) is 0 Å². The van der Waals surface area contributed by atoms with Crippen molar-refractivity contribution in [3.8, 4) is 11.1 Å². The molecule has 20 heavy (non-hydrogen) atoms. The van der Waals surface area contributed by atoms with Gasteiger partial charge in [0.15, 0.2) is 0 Å². The SMILES string of the molecule is CCCCc1c(C(=O)O)ccc(C)c1-c1ccccc1. The van der Waals surface area contributed by atoms with E-state index in [-0.39, 0.29) is 0 Å². The van der Waals surface area contributed by atoms with Crippen LogP contribution in [-0.2, 0) is 6.42 Å². The predicted octanol–water partition coefficient (Wildman–Crippen LogP) is 4.70. The van der Waals surface area contributed by atoms with Crippen LogP contribution >= 0.6 is 0 Å². The van der Waals surface area contributed by atoms with Gasteiger partial charge in [-0.2, -0.15) is 0 Å². The molecule has 0 saturated heterocycles. The highest BCUT2D eigenvalue weighted by Crippen LogP contribution is 2.31. The van der Waals surface area contributed by atoms with Crippen molar-refractivity contribution < 1.29 is 9.90 Å². The van der Waals surface area contributed by atoms with Crippen molar-refractivity contribution in [1.29, 1.82) is 0 Å². The van der Waals surface area contributed by atoms with E-state index in [2.05, 4.69) is 6.92 Å². The smallest absolute Gasteiger partial charge is 0.335 e. The minimum absolute atomic E-state index is 0.433. The molecule has 0 spiro atoms. The molecule has 0 heterocycles. The van der Waals surface area contributed by atoms with E-state index in [1.807, 2.05) is 43.3 Å². The number of carbonyl (C=O) groups is 1. The van der Waals surface area contributed by atoms with Crippen LogP contribution in [0.4, 0.5) is 0 Å². The minimum Gasteiger partial charge on any atom is -0.478 e. The van der Waals surface area contributed by atoms with Gasteiger partial charge in [0, 0.05) is 0 Å². The molecule has 0 aromatic heterocycles. The van der Waals surface area contributed by atoms with Crippen molar-refractivity contribution in [1.82, 2.24) is 0 Å². The largest absolute Gasteiger partial charge is 0.478 e. The summed E-state index contributed by atoms with van der Waals surface area (Å²) >= 11 is 0. The zero-order valence-corrected chi connectivity index (χ0v) is 12.0. The summed E-state index contributed by atoms with van der Waals surface area (Å²) in [6.07, 6.45) is 2.87. The first-order valence-corrected chi connectivity index (χ1v) is 7.06. The van der Waals surface area contributed by atoms with Gasteiger partial charge in [0.1, 0.15) is 0 Å². The highest BCUT2D eigenvalue weighted by Gasteiger charge is 2.16. The van der Waals surface area contributed by atoms with Gasteiger partial charge in [0.25, 0.3) is 0 Å². The fourth-order valence-corrected chi connectivity index (χ4v) is 2.59. The number of carboxylic acid groups (broad SMARTS) is 1. The topological polar surface area (TPSA) is 37.3 Å². The first kappa shape index (κ1) is 14.3. The van der Waals surface area contributed by atoms with Crippen molar-refractivity contribution in [3.05, 3.63) is 59.2 Å². The molecular weight excluding hydrogens is 248 g/mol. The molecule has 0 amide bonds. The molecule has 2 rings (SSSR count). The molecule has 0 bridgehead atoms. The van der Waals surface area contributed by atoms with Gasteiger partial charge in [-0.1, -0.05) is 49.7 Å². The number of rotatable bonds is 5. The molecule has 2 aromatic carbocycles.